The number of aliphatic hydroxyl groups is 1. The molecule has 35 heavy (non-hydrogen) atoms. The van der Waals surface area contributed by atoms with Gasteiger partial charge in [0.05, 0.1) is 22.6 Å². The average Bonchev–Trinajstić information content (AvgIpc) is 3.51. The SMILES string of the molecule is Cc1ccc(S(=O)(=O)n2ccc3c(CO)c(Oc4ccc(F)c(-c5nc[nH]n5)c4)c(F)cc32)cc1. The number of fused-ring (bicyclic) bond motifs is 1. The van der Waals surface area contributed by atoms with Crippen molar-refractivity contribution < 1.29 is 27.0 Å². The number of aromatic nitrogens is 4. The lowest BCUT2D eigenvalue weighted by Gasteiger charge is -2.14. The normalized spacial score (nSPS) is 11.8. The number of halogens is 2. The second kappa shape index (κ2) is 8.60. The molecule has 0 unspecified atom stereocenters. The van der Waals surface area contributed by atoms with E-state index in [1.165, 1.54) is 42.9 Å². The molecule has 11 heteroatoms. The molecule has 0 aliphatic carbocycles. The molecular formula is C24H18F2N4O4S. The maximum Gasteiger partial charge on any atom is 0.268 e. The van der Waals surface area contributed by atoms with Crippen LogP contribution in [0, 0.1) is 18.6 Å². The minimum Gasteiger partial charge on any atom is -0.454 e. The van der Waals surface area contributed by atoms with E-state index in [-0.39, 0.29) is 44.2 Å². The third-order valence-electron chi connectivity index (χ3n) is 5.52. The van der Waals surface area contributed by atoms with Crippen molar-refractivity contribution in [1.29, 1.82) is 0 Å². The van der Waals surface area contributed by atoms with Crippen LogP contribution in [0.3, 0.4) is 0 Å². The van der Waals surface area contributed by atoms with Crippen LogP contribution in [0.5, 0.6) is 11.5 Å². The molecule has 0 aliphatic heterocycles. The molecule has 0 radical (unpaired) electrons. The van der Waals surface area contributed by atoms with Crippen LogP contribution < -0.4 is 4.74 Å². The predicted molar refractivity (Wildman–Crippen MR) is 123 cm³/mol. The Labute approximate surface area is 198 Å². The Bertz CT molecular complexity index is 1650. The first kappa shape index (κ1) is 22.7. The first-order valence-corrected chi connectivity index (χ1v) is 11.8. The van der Waals surface area contributed by atoms with E-state index in [1.807, 2.05) is 6.92 Å². The number of H-pyrrole nitrogens is 1. The molecule has 3 aromatic carbocycles. The molecule has 0 saturated carbocycles. The molecule has 0 fully saturated rings. The predicted octanol–water partition coefficient (Wildman–Crippen LogP) is 4.53. The zero-order valence-electron chi connectivity index (χ0n) is 18.2. The Balaban J connectivity index is 1.60. The molecule has 0 bridgehead atoms. The average molecular weight is 496 g/mol. The summed E-state index contributed by atoms with van der Waals surface area (Å²) in [6.07, 6.45) is 2.58. The number of hydrogen-bond acceptors (Lipinski definition) is 6. The summed E-state index contributed by atoms with van der Waals surface area (Å²) in [5, 5.41) is 16.7. The fourth-order valence-electron chi connectivity index (χ4n) is 3.77. The van der Waals surface area contributed by atoms with Crippen molar-refractivity contribution in [3.63, 3.8) is 0 Å². The van der Waals surface area contributed by atoms with Crippen molar-refractivity contribution in [2.45, 2.75) is 18.4 Å². The highest BCUT2D eigenvalue weighted by molar-refractivity contribution is 7.90. The van der Waals surface area contributed by atoms with Gasteiger partial charge in [0.15, 0.2) is 17.4 Å². The summed E-state index contributed by atoms with van der Waals surface area (Å²) in [4.78, 5) is 3.95. The number of aliphatic hydroxyl groups excluding tert-OH is 1. The Morgan fingerprint density at radius 1 is 1.06 bits per heavy atom. The summed E-state index contributed by atoms with van der Waals surface area (Å²) >= 11 is 0. The van der Waals surface area contributed by atoms with E-state index in [4.69, 9.17) is 4.74 Å². The van der Waals surface area contributed by atoms with Crippen molar-refractivity contribution in [2.75, 3.05) is 0 Å². The Morgan fingerprint density at radius 3 is 2.51 bits per heavy atom. The first-order chi connectivity index (χ1) is 16.8. The number of ether oxygens (including phenoxy) is 1. The van der Waals surface area contributed by atoms with Gasteiger partial charge in [-0.25, -0.2) is 26.2 Å². The molecule has 2 heterocycles. The summed E-state index contributed by atoms with van der Waals surface area (Å²) in [7, 11) is -4.02. The van der Waals surface area contributed by atoms with Gasteiger partial charge in [-0.3, -0.25) is 5.10 Å². The van der Waals surface area contributed by atoms with Crippen LogP contribution in [0.15, 0.2) is 72.0 Å². The highest BCUT2D eigenvalue weighted by Gasteiger charge is 2.24. The molecule has 0 aliphatic rings. The van der Waals surface area contributed by atoms with E-state index < -0.39 is 28.3 Å². The highest BCUT2D eigenvalue weighted by atomic mass is 32.2. The van der Waals surface area contributed by atoms with E-state index in [1.54, 1.807) is 12.1 Å². The zero-order chi connectivity index (χ0) is 24.7. The van der Waals surface area contributed by atoms with Crippen molar-refractivity contribution >= 4 is 20.9 Å². The smallest absolute Gasteiger partial charge is 0.268 e. The van der Waals surface area contributed by atoms with Crippen LogP contribution in [0.25, 0.3) is 22.3 Å². The summed E-state index contributed by atoms with van der Waals surface area (Å²) in [6, 6.07) is 12.5. The van der Waals surface area contributed by atoms with Gasteiger partial charge in [-0.2, -0.15) is 5.10 Å². The van der Waals surface area contributed by atoms with Gasteiger partial charge in [0, 0.05) is 23.2 Å². The van der Waals surface area contributed by atoms with Crippen molar-refractivity contribution in [3.05, 3.63) is 89.9 Å². The lowest BCUT2D eigenvalue weighted by molar-refractivity contribution is 0.276. The summed E-state index contributed by atoms with van der Waals surface area (Å²) < 4.78 is 62.5. The summed E-state index contributed by atoms with van der Waals surface area (Å²) in [6.45, 7) is 1.20. The Hall–Kier alpha value is -4.09. The number of rotatable bonds is 6. The fraction of sp³-hybridized carbons (Fsp3) is 0.0833. The molecular weight excluding hydrogens is 478 g/mol. The summed E-state index contributed by atoms with van der Waals surface area (Å²) in [5.41, 5.74) is 1.01. The summed E-state index contributed by atoms with van der Waals surface area (Å²) in [5.74, 6) is -1.65. The van der Waals surface area contributed by atoms with E-state index in [9.17, 15) is 17.9 Å². The van der Waals surface area contributed by atoms with Gasteiger partial charge < -0.3 is 9.84 Å². The second-order valence-corrected chi connectivity index (χ2v) is 9.57. The monoisotopic (exact) mass is 496 g/mol. The molecule has 0 spiro atoms. The molecule has 2 aromatic heterocycles. The number of aromatic amines is 1. The third-order valence-corrected chi connectivity index (χ3v) is 7.22. The van der Waals surface area contributed by atoms with Gasteiger partial charge in [0.2, 0.25) is 0 Å². The van der Waals surface area contributed by atoms with Gasteiger partial charge in [-0.15, -0.1) is 0 Å². The molecule has 0 atom stereocenters. The number of nitrogens with one attached hydrogen (secondary N) is 1. The minimum absolute atomic E-state index is 0.0335. The quantitative estimate of drug-likeness (QED) is 0.357. The minimum atomic E-state index is -4.02. The van der Waals surface area contributed by atoms with Gasteiger partial charge in [-0.1, -0.05) is 17.7 Å². The fourth-order valence-corrected chi connectivity index (χ4v) is 5.11. The van der Waals surface area contributed by atoms with E-state index >= 15 is 4.39 Å². The molecule has 5 rings (SSSR count). The standard InChI is InChI=1S/C24H18F2N4O4S/c1-14-2-5-16(6-3-14)35(32,33)30-9-8-17-19(12-31)23(21(26)11-22(17)30)34-15-4-7-20(25)18(10-15)24-27-13-28-29-24/h2-11,13,31H,12H2,1H3,(H,27,28,29). The number of benzene rings is 3. The van der Waals surface area contributed by atoms with E-state index in [0.29, 0.717) is 0 Å². The van der Waals surface area contributed by atoms with Crippen molar-refractivity contribution in [1.82, 2.24) is 19.2 Å². The van der Waals surface area contributed by atoms with Gasteiger partial charge in [-0.05, 0) is 43.3 Å². The molecule has 2 N–H and O–H groups in total. The van der Waals surface area contributed by atoms with Crippen molar-refractivity contribution in [2.24, 2.45) is 0 Å². The van der Waals surface area contributed by atoms with Crippen molar-refractivity contribution in [3.8, 4) is 22.9 Å². The van der Waals surface area contributed by atoms with Gasteiger partial charge >= 0.3 is 0 Å². The zero-order valence-corrected chi connectivity index (χ0v) is 19.1. The molecule has 8 nitrogen and oxygen atoms in total. The second-order valence-electron chi connectivity index (χ2n) is 7.75. The largest absolute Gasteiger partial charge is 0.454 e. The Morgan fingerprint density at radius 2 is 1.83 bits per heavy atom. The van der Waals surface area contributed by atoms with Crippen LogP contribution in [-0.4, -0.2) is 32.7 Å². The van der Waals surface area contributed by atoms with Gasteiger partial charge in [0.1, 0.15) is 17.9 Å². The molecule has 0 saturated heterocycles. The van der Waals surface area contributed by atoms with Crippen LogP contribution in [0.1, 0.15) is 11.1 Å². The number of nitrogens with zero attached hydrogens (tertiary/aromatic N) is 3. The van der Waals surface area contributed by atoms with Gasteiger partial charge in [0.25, 0.3) is 10.0 Å². The first-order valence-electron chi connectivity index (χ1n) is 10.4. The van der Waals surface area contributed by atoms with E-state index in [2.05, 4.69) is 15.2 Å². The highest BCUT2D eigenvalue weighted by Crippen LogP contribution is 2.37. The lowest BCUT2D eigenvalue weighted by Crippen LogP contribution is -2.12. The number of hydrogen-bond donors (Lipinski definition) is 2. The molecule has 0 amide bonds. The topological polar surface area (TPSA) is 110 Å². The molecule has 178 valence electrons. The maximum atomic E-state index is 15.3. The van der Waals surface area contributed by atoms with Crippen LogP contribution in [-0.2, 0) is 16.6 Å². The van der Waals surface area contributed by atoms with Crippen LogP contribution in [0.2, 0.25) is 0 Å². The number of aryl methyl sites for hydroxylation is 1. The third kappa shape index (κ3) is 3.94. The van der Waals surface area contributed by atoms with Crippen LogP contribution >= 0.6 is 0 Å². The molecule has 5 aromatic rings. The lowest BCUT2D eigenvalue weighted by atomic mass is 10.1. The Kier molecular flexibility index (Phi) is 5.58. The van der Waals surface area contributed by atoms with Crippen LogP contribution in [0.4, 0.5) is 8.78 Å². The van der Waals surface area contributed by atoms with E-state index in [0.717, 1.165) is 21.7 Å². The maximum absolute atomic E-state index is 15.3.